The Balaban J connectivity index is 2.79. The summed E-state index contributed by atoms with van der Waals surface area (Å²) < 4.78 is 61.7. The predicted octanol–water partition coefficient (Wildman–Crippen LogP) is 1.98. The summed E-state index contributed by atoms with van der Waals surface area (Å²) >= 11 is 0. The molecule has 0 saturated heterocycles. The highest BCUT2D eigenvalue weighted by Gasteiger charge is 2.62. The zero-order chi connectivity index (χ0) is 18.7. The maximum atomic E-state index is 12.8. The van der Waals surface area contributed by atoms with Gasteiger partial charge in [-0.25, -0.2) is 0 Å². The van der Waals surface area contributed by atoms with Gasteiger partial charge in [0.2, 0.25) is 5.78 Å². The van der Waals surface area contributed by atoms with E-state index in [9.17, 15) is 36.3 Å². The van der Waals surface area contributed by atoms with Crippen molar-refractivity contribution in [1.29, 1.82) is 0 Å². The Labute approximate surface area is 132 Å². The normalized spacial score (nSPS) is 13.4. The lowest BCUT2D eigenvalue weighted by Gasteiger charge is -2.17. The number of carbonyl (C=O) groups is 3. The zero-order valence-corrected chi connectivity index (χ0v) is 11.9. The van der Waals surface area contributed by atoms with E-state index in [-0.39, 0.29) is 12.0 Å². The van der Waals surface area contributed by atoms with Crippen molar-refractivity contribution in [2.75, 3.05) is 0 Å². The van der Waals surface area contributed by atoms with Gasteiger partial charge >= 0.3 is 18.1 Å². The SMILES string of the molecule is NC(Cc1ccc(C(=O)CC(=O)C(F)(F)C(F)(F)F)cc1)C(=O)O. The number of carbonyl (C=O) groups excluding carboxylic acids is 2. The first-order valence-corrected chi connectivity index (χ1v) is 6.44. The topological polar surface area (TPSA) is 97.5 Å². The molecule has 0 spiro atoms. The fourth-order valence-corrected chi connectivity index (χ4v) is 1.68. The maximum absolute atomic E-state index is 12.8. The van der Waals surface area contributed by atoms with Gasteiger partial charge in [-0.2, -0.15) is 22.0 Å². The highest BCUT2D eigenvalue weighted by molar-refractivity contribution is 6.10. The maximum Gasteiger partial charge on any atom is 0.461 e. The minimum absolute atomic E-state index is 0.0745. The summed E-state index contributed by atoms with van der Waals surface area (Å²) in [5.74, 6) is -10.6. The Hall–Kier alpha value is -2.36. The van der Waals surface area contributed by atoms with E-state index in [1.807, 2.05) is 0 Å². The molecular formula is C14H12F5NO4. The lowest BCUT2D eigenvalue weighted by molar-refractivity contribution is -0.268. The highest BCUT2D eigenvalue weighted by Crippen LogP contribution is 2.37. The summed E-state index contributed by atoms with van der Waals surface area (Å²) in [4.78, 5) is 33.2. The van der Waals surface area contributed by atoms with Crippen molar-refractivity contribution in [2.24, 2.45) is 5.73 Å². The van der Waals surface area contributed by atoms with Gasteiger partial charge in [0.05, 0.1) is 6.42 Å². The second-order valence-electron chi connectivity index (χ2n) is 4.94. The predicted molar refractivity (Wildman–Crippen MR) is 70.7 cm³/mol. The molecule has 1 atom stereocenters. The smallest absolute Gasteiger partial charge is 0.461 e. The van der Waals surface area contributed by atoms with Crippen LogP contribution in [-0.2, 0) is 16.0 Å². The van der Waals surface area contributed by atoms with Crippen LogP contribution >= 0.6 is 0 Å². The van der Waals surface area contributed by atoms with E-state index in [1.54, 1.807) is 0 Å². The molecule has 0 amide bonds. The number of rotatable bonds is 7. The number of ketones is 2. The van der Waals surface area contributed by atoms with Crippen LogP contribution in [0.5, 0.6) is 0 Å². The molecule has 1 unspecified atom stereocenters. The molecule has 132 valence electrons. The fraction of sp³-hybridized carbons (Fsp3) is 0.357. The third-order valence-electron chi connectivity index (χ3n) is 3.08. The molecule has 10 heteroatoms. The van der Waals surface area contributed by atoms with Gasteiger partial charge in [0.25, 0.3) is 0 Å². The van der Waals surface area contributed by atoms with Crippen molar-refractivity contribution in [3.63, 3.8) is 0 Å². The van der Waals surface area contributed by atoms with Gasteiger partial charge in [-0.15, -0.1) is 0 Å². The molecule has 0 saturated carbocycles. The number of hydrogen-bond donors (Lipinski definition) is 2. The average molecular weight is 353 g/mol. The van der Waals surface area contributed by atoms with Gasteiger partial charge in [-0.3, -0.25) is 14.4 Å². The summed E-state index contributed by atoms with van der Waals surface area (Å²) in [6, 6.07) is 3.51. The molecular weight excluding hydrogens is 341 g/mol. The molecule has 0 aliphatic heterocycles. The van der Waals surface area contributed by atoms with Crippen LogP contribution in [0.15, 0.2) is 24.3 Å². The summed E-state index contributed by atoms with van der Waals surface area (Å²) in [5, 5.41) is 8.65. The Kier molecular flexibility index (Phi) is 5.77. The lowest BCUT2D eigenvalue weighted by atomic mass is 9.99. The monoisotopic (exact) mass is 353 g/mol. The summed E-state index contributed by atoms with van der Waals surface area (Å²) in [7, 11) is 0. The molecule has 1 rings (SSSR count). The molecule has 0 aromatic heterocycles. The molecule has 5 nitrogen and oxygen atoms in total. The second-order valence-corrected chi connectivity index (χ2v) is 4.94. The third kappa shape index (κ3) is 4.57. The number of aliphatic carboxylic acids is 1. The van der Waals surface area contributed by atoms with Crippen molar-refractivity contribution in [1.82, 2.24) is 0 Å². The minimum atomic E-state index is -6.07. The number of carboxylic acids is 1. The van der Waals surface area contributed by atoms with Crippen molar-refractivity contribution in [3.05, 3.63) is 35.4 Å². The van der Waals surface area contributed by atoms with Gasteiger partial charge in [0.1, 0.15) is 6.04 Å². The molecule has 0 heterocycles. The van der Waals surface area contributed by atoms with E-state index >= 15 is 0 Å². The van der Waals surface area contributed by atoms with Gasteiger partial charge in [-0.1, -0.05) is 24.3 Å². The van der Waals surface area contributed by atoms with Crippen LogP contribution in [-0.4, -0.2) is 40.8 Å². The van der Waals surface area contributed by atoms with Gasteiger partial charge < -0.3 is 10.8 Å². The van der Waals surface area contributed by atoms with E-state index in [4.69, 9.17) is 10.8 Å². The van der Waals surface area contributed by atoms with Crippen LogP contribution in [0.2, 0.25) is 0 Å². The van der Waals surface area contributed by atoms with Gasteiger partial charge in [-0.05, 0) is 12.0 Å². The van der Waals surface area contributed by atoms with Gasteiger partial charge in [0.15, 0.2) is 5.78 Å². The molecule has 0 aliphatic carbocycles. The summed E-state index contributed by atoms with van der Waals surface area (Å²) in [6.07, 6.45) is -7.75. The third-order valence-corrected chi connectivity index (χ3v) is 3.08. The van der Waals surface area contributed by atoms with Crippen molar-refractivity contribution < 1.29 is 41.4 Å². The Morgan fingerprint density at radius 2 is 1.54 bits per heavy atom. The fourth-order valence-electron chi connectivity index (χ4n) is 1.68. The first kappa shape index (κ1) is 19.7. The lowest BCUT2D eigenvalue weighted by Crippen LogP contribution is -2.44. The number of nitrogens with two attached hydrogens (primary N) is 1. The van der Waals surface area contributed by atoms with E-state index in [0.29, 0.717) is 5.56 Å². The Morgan fingerprint density at radius 3 is 1.96 bits per heavy atom. The average Bonchev–Trinajstić information content (AvgIpc) is 2.46. The van der Waals surface area contributed by atoms with Crippen molar-refractivity contribution in [2.45, 2.75) is 31.0 Å². The molecule has 1 aromatic carbocycles. The van der Waals surface area contributed by atoms with Crippen LogP contribution < -0.4 is 5.73 Å². The van der Waals surface area contributed by atoms with E-state index in [0.717, 1.165) is 12.1 Å². The Bertz CT molecular complexity index is 640. The molecule has 0 bridgehead atoms. The number of Topliss-reactive ketones (excluding diaryl/α,β-unsaturated/α-hetero) is 2. The molecule has 3 N–H and O–H groups in total. The van der Waals surface area contributed by atoms with Crippen LogP contribution in [0.4, 0.5) is 22.0 Å². The van der Waals surface area contributed by atoms with Crippen molar-refractivity contribution >= 4 is 17.5 Å². The summed E-state index contributed by atoms with van der Waals surface area (Å²) in [5.41, 5.74) is 5.45. The first-order valence-electron chi connectivity index (χ1n) is 6.44. The van der Waals surface area contributed by atoms with Crippen LogP contribution in [0.1, 0.15) is 22.3 Å². The van der Waals surface area contributed by atoms with Crippen LogP contribution in [0, 0.1) is 0 Å². The molecule has 0 radical (unpaired) electrons. The molecule has 1 aromatic rings. The minimum Gasteiger partial charge on any atom is -0.480 e. The van der Waals surface area contributed by atoms with Gasteiger partial charge in [0, 0.05) is 5.56 Å². The molecule has 0 fully saturated rings. The number of hydrogen-bond acceptors (Lipinski definition) is 4. The standard InChI is InChI=1S/C14H12F5NO4/c15-13(16,14(17,18)19)11(22)6-10(21)8-3-1-7(2-4-8)5-9(20)12(23)24/h1-4,9H,5-6,20H2,(H,23,24). The van der Waals surface area contributed by atoms with Crippen molar-refractivity contribution in [3.8, 4) is 0 Å². The van der Waals surface area contributed by atoms with E-state index in [2.05, 4.69) is 0 Å². The Morgan fingerprint density at radius 1 is 1.04 bits per heavy atom. The van der Waals surface area contributed by atoms with Crippen LogP contribution in [0.25, 0.3) is 0 Å². The molecule has 0 aliphatic rings. The number of halogens is 5. The van der Waals surface area contributed by atoms with E-state index < -0.39 is 42.1 Å². The zero-order valence-electron chi connectivity index (χ0n) is 11.9. The number of carboxylic acid groups (broad SMARTS) is 1. The van der Waals surface area contributed by atoms with E-state index in [1.165, 1.54) is 12.1 Å². The number of benzene rings is 1. The quantitative estimate of drug-likeness (QED) is 0.444. The van der Waals surface area contributed by atoms with Crippen LogP contribution in [0.3, 0.4) is 0 Å². The largest absolute Gasteiger partial charge is 0.480 e. The molecule has 24 heavy (non-hydrogen) atoms. The first-order chi connectivity index (χ1) is 10.9. The highest BCUT2D eigenvalue weighted by atomic mass is 19.4. The second kappa shape index (κ2) is 7.04. The summed E-state index contributed by atoms with van der Waals surface area (Å²) in [6.45, 7) is 0. The number of alkyl halides is 5.